The van der Waals surface area contributed by atoms with Gasteiger partial charge in [0.2, 0.25) is 0 Å². The van der Waals surface area contributed by atoms with Crippen molar-refractivity contribution in [3.05, 3.63) is 70.8 Å². The van der Waals surface area contributed by atoms with Gasteiger partial charge in [0.05, 0.1) is 45.7 Å². The number of likely N-dealkylation sites (N-methyl/N-ethyl adjacent to an activating group) is 2. The number of hydrogen-bond acceptors (Lipinski definition) is 4. The van der Waals surface area contributed by atoms with Gasteiger partial charge >= 0.3 is 6.09 Å². The van der Waals surface area contributed by atoms with Crippen molar-refractivity contribution in [3.8, 4) is 0 Å². The summed E-state index contributed by atoms with van der Waals surface area (Å²) >= 11 is 0. The Morgan fingerprint density at radius 2 is 1.51 bits per heavy atom. The Morgan fingerprint density at radius 1 is 0.902 bits per heavy atom. The Bertz CT molecular complexity index is 1310. The molecule has 0 aromatic heterocycles. The molecule has 3 unspecified atom stereocenters. The van der Waals surface area contributed by atoms with E-state index in [2.05, 4.69) is 77.7 Å². The zero-order chi connectivity index (χ0) is 36.4. The third-order valence-electron chi connectivity index (χ3n) is 11.7. The minimum absolute atomic E-state index is 0.176. The van der Waals surface area contributed by atoms with Gasteiger partial charge in [-0.15, -0.1) is 0 Å². The van der Waals surface area contributed by atoms with Gasteiger partial charge in [-0.3, -0.25) is 4.90 Å². The molecule has 2 fully saturated rings. The largest absolute Gasteiger partial charge is 0.444 e. The molecule has 0 spiro atoms. The molecule has 3 atom stereocenters. The van der Waals surface area contributed by atoms with E-state index in [1.165, 1.54) is 102 Å². The van der Waals surface area contributed by atoms with E-state index in [4.69, 9.17) is 4.74 Å². The highest BCUT2D eigenvalue weighted by Crippen LogP contribution is 2.29. The third-order valence-corrected chi connectivity index (χ3v) is 11.7. The van der Waals surface area contributed by atoms with Crippen molar-refractivity contribution < 1.29 is 24.6 Å². The summed E-state index contributed by atoms with van der Waals surface area (Å²) < 4.78 is 5.70. The fraction of sp³-hybridized carbons (Fsp3) is 0.698. The molecule has 1 amide bonds. The predicted octanol–water partition coefficient (Wildman–Crippen LogP) is 1.82. The van der Waals surface area contributed by atoms with Crippen LogP contribution >= 0.6 is 0 Å². The maximum atomic E-state index is 12.8. The molecule has 8 heteroatoms. The summed E-state index contributed by atoms with van der Waals surface area (Å²) in [6, 6.07) is 19.4. The van der Waals surface area contributed by atoms with E-state index in [0.717, 1.165) is 31.6 Å². The van der Waals surface area contributed by atoms with Crippen molar-refractivity contribution in [2.75, 3.05) is 93.6 Å². The summed E-state index contributed by atoms with van der Waals surface area (Å²) in [7, 11) is 8.59. The van der Waals surface area contributed by atoms with Crippen LogP contribution in [0.4, 0.5) is 4.79 Å². The van der Waals surface area contributed by atoms with Gasteiger partial charge in [0.15, 0.2) is 0 Å². The molecule has 2 aromatic carbocycles. The normalized spacial score (nSPS) is 22.8. The Morgan fingerprint density at radius 3 is 2.10 bits per heavy atom. The number of rotatable bonds is 12. The quantitative estimate of drug-likeness (QED) is 0.295. The monoisotopic (exact) mass is 706 g/mol. The van der Waals surface area contributed by atoms with Crippen molar-refractivity contribution in [1.29, 1.82) is 0 Å². The van der Waals surface area contributed by atoms with E-state index < -0.39 is 5.60 Å². The number of piperidine rings is 2. The SMILES string of the molecule is CN(C)CCN(CC1CCCN(C2Cc3ccccc3C2)C1)C(=O)OC(C)(C)C.C[NH+](C)CC[NH2+]CC1CCC[NH+](C2Cc3ccccc3C2)C1. The lowest BCUT2D eigenvalue weighted by atomic mass is 9.95. The second-order valence-electron chi connectivity index (χ2n) is 17.8. The summed E-state index contributed by atoms with van der Waals surface area (Å²) in [5.74, 6) is 1.45. The standard InChI is InChI=1S/C24H39N3O2.C19H31N3/c1-24(2,3)29-23(28)27(14-13-25(4)5)18-19-9-8-12-26(17-19)22-15-20-10-6-7-11-21(20)16-22;1-21(2)11-9-20-14-16-6-5-10-22(15-16)19-12-17-7-3-4-8-18(17)13-19/h6-7,10-11,19,22H,8-9,12-18H2,1-5H3;3-4,7-8,16,19-20H,5-6,9-15H2,1-2H3/p+3. The number of nitrogens with one attached hydrogen (secondary N) is 2. The minimum Gasteiger partial charge on any atom is -0.444 e. The Balaban J connectivity index is 0.000000205. The first-order valence-corrected chi connectivity index (χ1v) is 20.4. The molecular weight excluding hydrogens is 633 g/mol. The average Bonchev–Trinajstić information content (AvgIpc) is 3.73. The Labute approximate surface area is 310 Å². The van der Waals surface area contributed by atoms with Crippen molar-refractivity contribution >= 4 is 6.09 Å². The smallest absolute Gasteiger partial charge is 0.410 e. The molecule has 2 aliphatic carbocycles. The van der Waals surface area contributed by atoms with Gasteiger partial charge in [-0.05, 0) is 108 Å². The lowest BCUT2D eigenvalue weighted by Gasteiger charge is -2.39. The number of likely N-dealkylation sites (tertiary alicyclic amines) is 2. The van der Waals surface area contributed by atoms with Gasteiger partial charge in [0.25, 0.3) is 0 Å². The maximum Gasteiger partial charge on any atom is 0.410 e. The van der Waals surface area contributed by atoms with E-state index in [1.807, 2.05) is 44.7 Å². The highest BCUT2D eigenvalue weighted by molar-refractivity contribution is 5.68. The van der Waals surface area contributed by atoms with Crippen LogP contribution in [0.3, 0.4) is 0 Å². The van der Waals surface area contributed by atoms with Gasteiger partial charge in [0.1, 0.15) is 18.7 Å². The number of carbonyl (C=O) groups is 1. The van der Waals surface area contributed by atoms with E-state index in [0.29, 0.717) is 18.5 Å². The first kappa shape index (κ1) is 39.7. The van der Waals surface area contributed by atoms with Crippen molar-refractivity contribution in [2.24, 2.45) is 11.8 Å². The number of amides is 1. The summed E-state index contributed by atoms with van der Waals surface area (Å²) in [6.45, 7) is 17.2. The molecule has 284 valence electrons. The second-order valence-corrected chi connectivity index (χ2v) is 17.8. The first-order valence-electron chi connectivity index (χ1n) is 20.4. The molecule has 4 aliphatic rings. The van der Waals surface area contributed by atoms with Crippen molar-refractivity contribution in [1.82, 2.24) is 14.7 Å². The molecular formula is C43H73N6O2+3. The molecule has 51 heavy (non-hydrogen) atoms. The van der Waals surface area contributed by atoms with Crippen LogP contribution in [0.15, 0.2) is 48.5 Å². The molecule has 8 nitrogen and oxygen atoms in total. The molecule has 0 saturated carbocycles. The second kappa shape index (κ2) is 19.0. The van der Waals surface area contributed by atoms with E-state index in [9.17, 15) is 4.79 Å². The van der Waals surface area contributed by atoms with E-state index >= 15 is 0 Å². The number of nitrogens with two attached hydrogens (primary N) is 1. The van der Waals surface area contributed by atoms with Crippen LogP contribution in [0, 0.1) is 11.8 Å². The van der Waals surface area contributed by atoms with Crippen molar-refractivity contribution in [3.63, 3.8) is 0 Å². The number of benzene rings is 2. The highest BCUT2D eigenvalue weighted by atomic mass is 16.6. The van der Waals surface area contributed by atoms with Crippen LogP contribution in [0.25, 0.3) is 0 Å². The number of carbonyl (C=O) groups excluding carboxylic acids is 1. The molecule has 2 aliphatic heterocycles. The lowest BCUT2D eigenvalue weighted by Crippen LogP contribution is -3.18. The van der Waals surface area contributed by atoms with Crippen LogP contribution in [0.1, 0.15) is 68.7 Å². The van der Waals surface area contributed by atoms with Gasteiger partial charge < -0.3 is 29.7 Å². The van der Waals surface area contributed by atoms with Gasteiger partial charge in [-0.1, -0.05) is 48.5 Å². The zero-order valence-electron chi connectivity index (χ0n) is 33.4. The fourth-order valence-electron chi connectivity index (χ4n) is 8.94. The van der Waals surface area contributed by atoms with Crippen molar-refractivity contribution in [2.45, 2.75) is 89.8 Å². The molecule has 2 aromatic rings. The third kappa shape index (κ3) is 12.6. The minimum atomic E-state index is -0.457. The predicted molar refractivity (Wildman–Crippen MR) is 209 cm³/mol. The van der Waals surface area contributed by atoms with E-state index in [-0.39, 0.29) is 6.09 Å². The van der Waals surface area contributed by atoms with E-state index in [1.54, 1.807) is 16.0 Å². The average molecular weight is 706 g/mol. The van der Waals surface area contributed by atoms with Crippen LogP contribution in [0.2, 0.25) is 0 Å². The summed E-state index contributed by atoms with van der Waals surface area (Å²) in [5.41, 5.74) is 5.80. The van der Waals surface area contributed by atoms with Gasteiger partial charge in [0, 0.05) is 45.1 Å². The molecule has 0 bridgehead atoms. The number of fused-ring (bicyclic) bond motifs is 2. The number of quaternary nitrogens is 3. The van der Waals surface area contributed by atoms with Crippen LogP contribution in [-0.4, -0.2) is 132 Å². The Hall–Kier alpha value is -2.49. The summed E-state index contributed by atoms with van der Waals surface area (Å²) in [5, 5.41) is 2.56. The number of hydrogen-bond donors (Lipinski definition) is 3. The molecule has 6 rings (SSSR count). The molecule has 2 heterocycles. The van der Waals surface area contributed by atoms with Crippen LogP contribution in [0.5, 0.6) is 0 Å². The fourth-order valence-corrected chi connectivity index (χ4v) is 8.94. The first-order chi connectivity index (χ1) is 24.4. The molecule has 4 N–H and O–H groups in total. The topological polar surface area (TPSA) is 61.5 Å². The zero-order valence-corrected chi connectivity index (χ0v) is 33.4. The van der Waals surface area contributed by atoms with Gasteiger partial charge in [-0.2, -0.15) is 0 Å². The summed E-state index contributed by atoms with van der Waals surface area (Å²) in [6.07, 6.45) is 10.1. The Kier molecular flexibility index (Phi) is 14.8. The summed E-state index contributed by atoms with van der Waals surface area (Å²) in [4.78, 5) is 23.0. The lowest BCUT2D eigenvalue weighted by molar-refractivity contribution is -0.935. The van der Waals surface area contributed by atoms with Crippen LogP contribution < -0.4 is 15.1 Å². The van der Waals surface area contributed by atoms with Crippen LogP contribution in [-0.2, 0) is 30.4 Å². The molecule has 0 radical (unpaired) electrons. The maximum absolute atomic E-state index is 12.8. The molecule has 2 saturated heterocycles. The van der Waals surface area contributed by atoms with Gasteiger partial charge in [-0.25, -0.2) is 4.79 Å². The number of nitrogens with zero attached hydrogens (tertiary/aromatic N) is 3. The number of ether oxygens (including phenoxy) is 1. The highest BCUT2D eigenvalue weighted by Gasteiger charge is 2.35.